The molecule has 0 aliphatic heterocycles. The van der Waals surface area contributed by atoms with Crippen LogP contribution < -0.4 is 11.2 Å². The Hall–Kier alpha value is -1.54. The van der Waals surface area contributed by atoms with Crippen LogP contribution in [0.4, 0.5) is 0 Å². The van der Waals surface area contributed by atoms with E-state index in [1.807, 2.05) is 31.2 Å². The van der Waals surface area contributed by atoms with Crippen molar-refractivity contribution in [2.75, 3.05) is 11.6 Å². The summed E-state index contributed by atoms with van der Waals surface area (Å²) in [7, 11) is 0. The van der Waals surface area contributed by atoms with Gasteiger partial charge in [-0.1, -0.05) is 46.7 Å². The second-order valence-electron chi connectivity index (χ2n) is 4.77. The summed E-state index contributed by atoms with van der Waals surface area (Å²) >= 11 is 4.68. The van der Waals surface area contributed by atoms with E-state index in [1.165, 1.54) is 16.4 Å². The average molecular weight is 384 g/mol. The van der Waals surface area contributed by atoms with Gasteiger partial charge in [0.25, 0.3) is 0 Å². The maximum Gasteiger partial charge on any atom is 0.230 e. The van der Waals surface area contributed by atoms with E-state index in [-0.39, 0.29) is 17.7 Å². The zero-order valence-electron chi connectivity index (χ0n) is 12.4. The Balaban J connectivity index is 1.92. The zero-order valence-corrected chi connectivity index (χ0v) is 14.8. The van der Waals surface area contributed by atoms with Gasteiger partial charge in [-0.05, 0) is 31.0 Å². The molecule has 3 N–H and O–H groups in total. The highest BCUT2D eigenvalue weighted by Gasteiger charge is 2.14. The van der Waals surface area contributed by atoms with E-state index in [4.69, 9.17) is 5.84 Å². The number of nitrogen functional groups attached to an aromatic ring is 1. The van der Waals surface area contributed by atoms with Crippen LogP contribution in [0.5, 0.6) is 0 Å². The molecule has 118 valence electrons. The molecule has 2 aromatic rings. The Morgan fingerprint density at radius 2 is 2.09 bits per heavy atom. The van der Waals surface area contributed by atoms with Gasteiger partial charge in [-0.3, -0.25) is 4.79 Å². The molecule has 1 aromatic carbocycles. The van der Waals surface area contributed by atoms with Gasteiger partial charge in [-0.15, -0.1) is 10.2 Å². The van der Waals surface area contributed by atoms with Crippen LogP contribution in [0.2, 0.25) is 0 Å². The molecular weight excluding hydrogens is 366 g/mol. The average Bonchev–Trinajstić information content (AvgIpc) is 2.83. The summed E-state index contributed by atoms with van der Waals surface area (Å²) in [5.74, 6) is 6.57. The molecule has 0 saturated heterocycles. The number of carbonyl (C=O) groups is 1. The first kappa shape index (κ1) is 16.8. The number of aryl methyl sites for hydroxylation is 1. The van der Waals surface area contributed by atoms with Crippen LogP contribution in [-0.4, -0.2) is 26.5 Å². The Morgan fingerprint density at radius 3 is 2.64 bits per heavy atom. The van der Waals surface area contributed by atoms with Crippen LogP contribution in [0.1, 0.15) is 30.8 Å². The number of amides is 1. The van der Waals surface area contributed by atoms with Crippen LogP contribution >= 0.6 is 27.7 Å². The quantitative estimate of drug-likeness (QED) is 0.590. The molecule has 8 heteroatoms. The lowest BCUT2D eigenvalue weighted by molar-refractivity contribution is -0.119. The first-order valence-corrected chi connectivity index (χ1v) is 8.63. The highest BCUT2D eigenvalue weighted by molar-refractivity contribution is 9.10. The molecule has 2 rings (SSSR count). The predicted octanol–water partition coefficient (Wildman–Crippen LogP) is 2.42. The van der Waals surface area contributed by atoms with Gasteiger partial charge < -0.3 is 11.2 Å². The fraction of sp³-hybridized carbons (Fsp3) is 0.357. The van der Waals surface area contributed by atoms with Gasteiger partial charge in [0.15, 0.2) is 0 Å². The molecule has 0 radical (unpaired) electrons. The van der Waals surface area contributed by atoms with Crippen molar-refractivity contribution in [2.24, 2.45) is 0 Å². The minimum absolute atomic E-state index is 0.00122. The van der Waals surface area contributed by atoms with Crippen LogP contribution in [0.25, 0.3) is 0 Å². The minimum Gasteiger partial charge on any atom is -0.349 e. The zero-order chi connectivity index (χ0) is 16.1. The Bertz CT molecular complexity index is 643. The Kier molecular flexibility index (Phi) is 5.84. The molecule has 1 amide bonds. The van der Waals surface area contributed by atoms with Gasteiger partial charge >= 0.3 is 0 Å². The Morgan fingerprint density at radius 1 is 1.41 bits per heavy atom. The third-order valence-corrected chi connectivity index (χ3v) is 4.65. The van der Waals surface area contributed by atoms with Crippen LogP contribution in [-0.2, 0) is 4.79 Å². The summed E-state index contributed by atoms with van der Waals surface area (Å²) in [5.41, 5.74) is 1.09. The van der Waals surface area contributed by atoms with Crippen LogP contribution in [0.15, 0.2) is 33.9 Å². The number of halogens is 1. The third-order valence-electron chi connectivity index (χ3n) is 3.18. The fourth-order valence-corrected chi connectivity index (χ4v) is 2.91. The smallest absolute Gasteiger partial charge is 0.230 e. The lowest BCUT2D eigenvalue weighted by Crippen LogP contribution is -2.29. The molecule has 0 aliphatic carbocycles. The topological polar surface area (TPSA) is 85.8 Å². The van der Waals surface area contributed by atoms with Gasteiger partial charge in [0, 0.05) is 4.47 Å². The van der Waals surface area contributed by atoms with Crippen LogP contribution in [0.3, 0.4) is 0 Å². The molecule has 1 atom stereocenters. The minimum atomic E-state index is -0.0552. The van der Waals surface area contributed by atoms with E-state index in [2.05, 4.69) is 31.4 Å². The highest BCUT2D eigenvalue weighted by Crippen LogP contribution is 2.20. The van der Waals surface area contributed by atoms with Gasteiger partial charge in [0.2, 0.25) is 11.1 Å². The summed E-state index contributed by atoms with van der Waals surface area (Å²) in [5, 5.41) is 11.3. The van der Waals surface area contributed by atoms with Crippen molar-refractivity contribution in [2.45, 2.75) is 31.5 Å². The monoisotopic (exact) mass is 383 g/mol. The molecular formula is C14H18BrN5OS. The summed E-state index contributed by atoms with van der Waals surface area (Å²) in [6, 6.07) is 7.95. The number of nitrogens with one attached hydrogen (secondary N) is 1. The number of hydrogen-bond donors (Lipinski definition) is 2. The number of nitrogens with two attached hydrogens (primary N) is 1. The highest BCUT2D eigenvalue weighted by atomic mass is 79.9. The maximum absolute atomic E-state index is 12.1. The summed E-state index contributed by atoms with van der Waals surface area (Å²) in [6.07, 6.45) is 0.824. The molecule has 0 saturated carbocycles. The molecule has 22 heavy (non-hydrogen) atoms. The van der Waals surface area contributed by atoms with E-state index < -0.39 is 0 Å². The van der Waals surface area contributed by atoms with Gasteiger partial charge in [-0.25, -0.2) is 4.68 Å². The number of rotatable bonds is 6. The lowest BCUT2D eigenvalue weighted by Gasteiger charge is -2.17. The Labute approximate surface area is 142 Å². The van der Waals surface area contributed by atoms with Crippen molar-refractivity contribution in [3.8, 4) is 0 Å². The molecule has 0 aliphatic rings. The number of nitrogens with zero attached hydrogens (tertiary/aromatic N) is 3. The van der Waals surface area contributed by atoms with Crippen molar-refractivity contribution < 1.29 is 4.79 Å². The number of carbonyl (C=O) groups excluding carboxylic acids is 1. The standard InChI is InChI=1S/C14H18BrN5OS/c1-3-12(10-4-6-11(15)7-5-10)17-13(21)8-22-14-19-18-9(2)20(14)16/h4-7,12H,3,8,16H2,1-2H3,(H,17,21)/t12-/m0/s1. The van der Waals surface area contributed by atoms with Crippen molar-refractivity contribution in [1.82, 2.24) is 20.2 Å². The van der Waals surface area contributed by atoms with Crippen molar-refractivity contribution in [3.05, 3.63) is 40.1 Å². The summed E-state index contributed by atoms with van der Waals surface area (Å²) in [4.78, 5) is 12.1. The molecule has 0 unspecified atom stereocenters. The van der Waals surface area contributed by atoms with Crippen LogP contribution in [0, 0.1) is 6.92 Å². The number of benzene rings is 1. The molecule has 6 nitrogen and oxygen atoms in total. The lowest BCUT2D eigenvalue weighted by atomic mass is 10.0. The maximum atomic E-state index is 12.1. The van der Waals surface area contributed by atoms with E-state index in [0.717, 1.165) is 16.5 Å². The second-order valence-corrected chi connectivity index (χ2v) is 6.63. The van der Waals surface area contributed by atoms with Gasteiger partial charge in [0.1, 0.15) is 5.82 Å². The fourth-order valence-electron chi connectivity index (χ4n) is 1.93. The summed E-state index contributed by atoms with van der Waals surface area (Å²) in [6.45, 7) is 3.80. The number of thioether (sulfide) groups is 1. The van der Waals surface area contributed by atoms with Gasteiger partial charge in [0.05, 0.1) is 11.8 Å². The predicted molar refractivity (Wildman–Crippen MR) is 91.0 cm³/mol. The molecule has 1 heterocycles. The van der Waals surface area contributed by atoms with Crippen molar-refractivity contribution in [3.63, 3.8) is 0 Å². The molecule has 0 spiro atoms. The first-order chi connectivity index (χ1) is 10.5. The second kappa shape index (κ2) is 7.64. The molecule has 0 fully saturated rings. The first-order valence-electron chi connectivity index (χ1n) is 6.86. The van der Waals surface area contributed by atoms with Gasteiger partial charge in [-0.2, -0.15) is 0 Å². The molecule has 1 aromatic heterocycles. The van der Waals surface area contributed by atoms with Crippen molar-refractivity contribution in [1.29, 1.82) is 0 Å². The van der Waals surface area contributed by atoms with E-state index in [0.29, 0.717) is 11.0 Å². The number of aromatic nitrogens is 3. The normalized spacial score (nSPS) is 12.1. The third kappa shape index (κ3) is 4.23. The van der Waals surface area contributed by atoms with E-state index in [1.54, 1.807) is 6.92 Å². The summed E-state index contributed by atoms with van der Waals surface area (Å²) < 4.78 is 2.40. The van der Waals surface area contributed by atoms with Crippen molar-refractivity contribution >= 4 is 33.6 Å². The SMILES string of the molecule is CC[C@H](NC(=O)CSc1nnc(C)n1N)c1ccc(Br)cc1. The van der Waals surface area contributed by atoms with E-state index in [9.17, 15) is 4.79 Å². The largest absolute Gasteiger partial charge is 0.349 e. The molecule has 0 bridgehead atoms. The number of hydrogen-bond acceptors (Lipinski definition) is 5. The van der Waals surface area contributed by atoms with E-state index >= 15 is 0 Å².